The van der Waals surface area contributed by atoms with E-state index in [9.17, 15) is 14.7 Å². The van der Waals surface area contributed by atoms with Crippen molar-refractivity contribution in [2.24, 2.45) is 5.92 Å². The Balaban J connectivity index is 1.86. The van der Waals surface area contributed by atoms with Crippen molar-refractivity contribution in [3.05, 3.63) is 59.5 Å². The molecule has 23 heavy (non-hydrogen) atoms. The Morgan fingerprint density at radius 3 is 2.52 bits per heavy atom. The first kappa shape index (κ1) is 15.3. The van der Waals surface area contributed by atoms with Gasteiger partial charge in [-0.15, -0.1) is 0 Å². The average molecular weight is 313 g/mol. The lowest BCUT2D eigenvalue weighted by molar-refractivity contribution is -0.143. The van der Waals surface area contributed by atoms with Crippen LogP contribution in [-0.2, 0) is 4.79 Å². The lowest BCUT2D eigenvalue weighted by atomic mass is 9.84. The van der Waals surface area contributed by atoms with Gasteiger partial charge in [0.1, 0.15) is 5.76 Å². The van der Waals surface area contributed by atoms with Crippen LogP contribution in [0.4, 0.5) is 0 Å². The van der Waals surface area contributed by atoms with Crippen LogP contribution in [0.1, 0.15) is 34.0 Å². The van der Waals surface area contributed by atoms with Crippen LogP contribution in [0, 0.1) is 12.8 Å². The summed E-state index contributed by atoms with van der Waals surface area (Å²) in [6.07, 6.45) is 2.03. The molecule has 2 atom stereocenters. The van der Waals surface area contributed by atoms with Gasteiger partial charge in [-0.3, -0.25) is 9.59 Å². The molecule has 1 aliphatic heterocycles. The Hall–Kier alpha value is -2.56. The predicted octanol–water partition coefficient (Wildman–Crippen LogP) is 2.92. The quantitative estimate of drug-likeness (QED) is 0.946. The third-order valence-electron chi connectivity index (χ3n) is 4.45. The molecule has 0 radical (unpaired) electrons. The molecule has 0 bridgehead atoms. The highest BCUT2D eigenvalue weighted by molar-refractivity contribution is 5.95. The summed E-state index contributed by atoms with van der Waals surface area (Å²) >= 11 is 0. The van der Waals surface area contributed by atoms with E-state index in [0.717, 1.165) is 5.56 Å². The molecule has 0 aliphatic carbocycles. The summed E-state index contributed by atoms with van der Waals surface area (Å²) in [4.78, 5) is 25.8. The van der Waals surface area contributed by atoms with Crippen molar-refractivity contribution in [3.8, 4) is 0 Å². The van der Waals surface area contributed by atoms with E-state index in [1.807, 2.05) is 30.3 Å². The number of hydrogen-bond acceptors (Lipinski definition) is 3. The molecular weight excluding hydrogens is 294 g/mol. The first-order valence-electron chi connectivity index (χ1n) is 7.67. The summed E-state index contributed by atoms with van der Waals surface area (Å²) < 4.78 is 5.20. The Bertz CT molecular complexity index is 707. The first-order chi connectivity index (χ1) is 11.1. The normalized spacial score (nSPS) is 21.2. The summed E-state index contributed by atoms with van der Waals surface area (Å²) in [5.74, 6) is -0.980. The number of carbonyl (C=O) groups is 2. The Labute approximate surface area is 134 Å². The molecule has 1 saturated heterocycles. The topological polar surface area (TPSA) is 70.8 Å². The maximum absolute atomic E-state index is 12.7. The zero-order valence-electron chi connectivity index (χ0n) is 12.9. The number of likely N-dealkylation sites (tertiary alicyclic amines) is 1. The molecule has 0 unspecified atom stereocenters. The van der Waals surface area contributed by atoms with Crippen LogP contribution < -0.4 is 0 Å². The summed E-state index contributed by atoms with van der Waals surface area (Å²) in [6.45, 7) is 2.50. The van der Waals surface area contributed by atoms with Crippen LogP contribution in [0.25, 0.3) is 0 Å². The van der Waals surface area contributed by atoms with Gasteiger partial charge in [0.25, 0.3) is 5.91 Å². The van der Waals surface area contributed by atoms with Gasteiger partial charge in [0, 0.05) is 19.0 Å². The van der Waals surface area contributed by atoms with Gasteiger partial charge in [-0.05, 0) is 25.0 Å². The zero-order chi connectivity index (χ0) is 16.4. The van der Waals surface area contributed by atoms with Gasteiger partial charge in [0.15, 0.2) is 0 Å². The summed E-state index contributed by atoms with van der Waals surface area (Å²) in [5.41, 5.74) is 1.57. The number of aryl methyl sites for hydroxylation is 1. The number of aliphatic carboxylic acids is 1. The first-order valence-corrected chi connectivity index (χ1v) is 7.67. The molecule has 5 nitrogen and oxygen atoms in total. The van der Waals surface area contributed by atoms with Crippen LogP contribution in [0.15, 0.2) is 47.1 Å². The summed E-state index contributed by atoms with van der Waals surface area (Å²) in [7, 11) is 0. The van der Waals surface area contributed by atoms with Crippen molar-refractivity contribution < 1.29 is 19.1 Å². The van der Waals surface area contributed by atoms with Gasteiger partial charge in [-0.25, -0.2) is 0 Å². The lowest BCUT2D eigenvalue weighted by Crippen LogP contribution is -2.45. The summed E-state index contributed by atoms with van der Waals surface area (Å²) in [5, 5.41) is 9.43. The van der Waals surface area contributed by atoms with Crippen molar-refractivity contribution in [1.82, 2.24) is 4.90 Å². The molecule has 1 fully saturated rings. The Morgan fingerprint density at radius 1 is 1.17 bits per heavy atom. The van der Waals surface area contributed by atoms with Crippen molar-refractivity contribution in [2.75, 3.05) is 13.1 Å². The van der Waals surface area contributed by atoms with Crippen molar-refractivity contribution in [2.45, 2.75) is 19.3 Å². The van der Waals surface area contributed by atoms with Gasteiger partial charge in [0.2, 0.25) is 0 Å². The number of carboxylic acids is 1. The SMILES string of the molecule is Cc1occc1C(=O)N1C[C@@H](C(=O)O)C[C@@H](c2ccccc2)C1. The number of hydrogen-bond donors (Lipinski definition) is 1. The fraction of sp³-hybridized carbons (Fsp3) is 0.333. The van der Waals surface area contributed by atoms with E-state index in [1.165, 1.54) is 6.26 Å². The minimum atomic E-state index is -0.854. The van der Waals surface area contributed by atoms with Crippen molar-refractivity contribution in [3.63, 3.8) is 0 Å². The molecule has 1 aliphatic rings. The number of carbonyl (C=O) groups excluding carboxylic acids is 1. The van der Waals surface area contributed by atoms with Gasteiger partial charge >= 0.3 is 5.97 Å². The van der Waals surface area contributed by atoms with E-state index in [4.69, 9.17) is 4.42 Å². The molecule has 0 spiro atoms. The highest BCUT2D eigenvalue weighted by Gasteiger charge is 2.35. The van der Waals surface area contributed by atoms with Crippen LogP contribution in [0.2, 0.25) is 0 Å². The average Bonchev–Trinajstić information content (AvgIpc) is 3.00. The van der Waals surface area contributed by atoms with E-state index >= 15 is 0 Å². The van der Waals surface area contributed by atoms with Crippen LogP contribution >= 0.6 is 0 Å². The molecule has 2 aromatic rings. The van der Waals surface area contributed by atoms with E-state index in [1.54, 1.807) is 17.9 Å². The third-order valence-corrected chi connectivity index (χ3v) is 4.45. The molecule has 3 rings (SSSR count). The fourth-order valence-electron chi connectivity index (χ4n) is 3.19. The molecule has 1 N–H and O–H groups in total. The minimum absolute atomic E-state index is 0.0298. The standard InChI is InChI=1S/C18H19NO4/c1-12-16(7-8-23-12)17(20)19-10-14(9-15(11-19)18(21)22)13-5-3-2-4-6-13/h2-8,14-15H,9-11H2,1H3,(H,21,22)/t14-,15+/m1/s1. The second-order valence-corrected chi connectivity index (χ2v) is 5.98. The van der Waals surface area contributed by atoms with Crippen LogP contribution in [0.3, 0.4) is 0 Å². The highest BCUT2D eigenvalue weighted by atomic mass is 16.4. The number of carboxylic acid groups (broad SMARTS) is 1. The number of piperidine rings is 1. The van der Waals surface area contributed by atoms with Gasteiger partial charge in [-0.2, -0.15) is 0 Å². The minimum Gasteiger partial charge on any atom is -0.481 e. The number of furan rings is 1. The maximum atomic E-state index is 12.7. The molecular formula is C18H19NO4. The number of nitrogens with zero attached hydrogens (tertiary/aromatic N) is 1. The van der Waals surface area contributed by atoms with E-state index in [0.29, 0.717) is 24.3 Å². The van der Waals surface area contributed by atoms with E-state index in [2.05, 4.69) is 0 Å². The van der Waals surface area contributed by atoms with E-state index in [-0.39, 0.29) is 18.4 Å². The number of benzene rings is 1. The number of amides is 1. The second-order valence-electron chi connectivity index (χ2n) is 5.98. The van der Waals surface area contributed by atoms with E-state index < -0.39 is 11.9 Å². The molecule has 120 valence electrons. The van der Waals surface area contributed by atoms with Crippen molar-refractivity contribution in [1.29, 1.82) is 0 Å². The largest absolute Gasteiger partial charge is 0.481 e. The molecule has 2 heterocycles. The van der Waals surface area contributed by atoms with Gasteiger partial charge in [-0.1, -0.05) is 30.3 Å². The smallest absolute Gasteiger partial charge is 0.308 e. The van der Waals surface area contributed by atoms with Crippen LogP contribution in [0.5, 0.6) is 0 Å². The number of rotatable bonds is 3. The molecule has 1 aromatic heterocycles. The Morgan fingerprint density at radius 2 is 1.91 bits per heavy atom. The maximum Gasteiger partial charge on any atom is 0.308 e. The van der Waals surface area contributed by atoms with Crippen LogP contribution in [-0.4, -0.2) is 35.0 Å². The molecule has 5 heteroatoms. The van der Waals surface area contributed by atoms with Gasteiger partial charge < -0.3 is 14.4 Å². The molecule has 0 saturated carbocycles. The molecule has 1 amide bonds. The lowest BCUT2D eigenvalue weighted by Gasteiger charge is -2.36. The predicted molar refractivity (Wildman–Crippen MR) is 84.3 cm³/mol. The molecule has 1 aromatic carbocycles. The monoisotopic (exact) mass is 313 g/mol. The highest BCUT2D eigenvalue weighted by Crippen LogP contribution is 2.31. The zero-order valence-corrected chi connectivity index (χ0v) is 12.9. The Kier molecular flexibility index (Phi) is 4.19. The summed E-state index contributed by atoms with van der Waals surface area (Å²) in [6, 6.07) is 11.4. The van der Waals surface area contributed by atoms with Gasteiger partial charge in [0.05, 0.1) is 17.7 Å². The van der Waals surface area contributed by atoms with Crippen molar-refractivity contribution >= 4 is 11.9 Å². The fourth-order valence-corrected chi connectivity index (χ4v) is 3.19. The second kappa shape index (κ2) is 6.28. The third kappa shape index (κ3) is 3.13.